The molecule has 3 heterocycles. The Labute approximate surface area is 143 Å². The van der Waals surface area contributed by atoms with E-state index in [1.807, 2.05) is 42.4 Å². The molecule has 2 aliphatic rings. The van der Waals surface area contributed by atoms with Crippen LogP contribution in [0.2, 0.25) is 0 Å². The number of nitrogens with zero attached hydrogens (tertiary/aromatic N) is 2. The number of carbonyl (C=O) groups is 1. The zero-order valence-electron chi connectivity index (χ0n) is 14.2. The fourth-order valence-corrected chi connectivity index (χ4v) is 4.34. The van der Waals surface area contributed by atoms with E-state index in [4.69, 9.17) is 0 Å². The standard InChI is InChI=1S/C20H25N3O/c1-23(17-12-15-7-8-16(13-17)22-15)20(24)9-6-14-10-11-21-19-5-3-2-4-18(14)19/h2-5,10-11,15-17,22H,6-9,12-13H2,1H3. The lowest BCUT2D eigenvalue weighted by atomic mass is 9.97. The summed E-state index contributed by atoms with van der Waals surface area (Å²) in [6, 6.07) is 11.8. The van der Waals surface area contributed by atoms with Gasteiger partial charge in [0.15, 0.2) is 0 Å². The van der Waals surface area contributed by atoms with Crippen molar-refractivity contribution in [1.29, 1.82) is 0 Å². The molecule has 126 valence electrons. The van der Waals surface area contributed by atoms with E-state index in [0.717, 1.165) is 30.2 Å². The van der Waals surface area contributed by atoms with Gasteiger partial charge in [-0.05, 0) is 49.8 Å². The third-order valence-corrected chi connectivity index (χ3v) is 5.74. The third-order valence-electron chi connectivity index (χ3n) is 5.74. The Hall–Kier alpha value is -1.94. The van der Waals surface area contributed by atoms with E-state index in [9.17, 15) is 4.79 Å². The quantitative estimate of drug-likeness (QED) is 0.941. The van der Waals surface area contributed by atoms with Crippen molar-refractivity contribution in [1.82, 2.24) is 15.2 Å². The van der Waals surface area contributed by atoms with Gasteiger partial charge in [0.2, 0.25) is 5.91 Å². The van der Waals surface area contributed by atoms with Crippen molar-refractivity contribution < 1.29 is 4.79 Å². The summed E-state index contributed by atoms with van der Waals surface area (Å²) in [6.45, 7) is 0. The second kappa shape index (κ2) is 6.52. The van der Waals surface area contributed by atoms with Gasteiger partial charge in [-0.3, -0.25) is 9.78 Å². The fraction of sp³-hybridized carbons (Fsp3) is 0.500. The van der Waals surface area contributed by atoms with Crippen molar-refractivity contribution in [2.75, 3.05) is 7.05 Å². The molecule has 1 aromatic heterocycles. The van der Waals surface area contributed by atoms with Crippen LogP contribution in [0.4, 0.5) is 0 Å². The predicted molar refractivity (Wildman–Crippen MR) is 95.8 cm³/mol. The van der Waals surface area contributed by atoms with Gasteiger partial charge in [0.1, 0.15) is 0 Å². The number of amides is 1. The van der Waals surface area contributed by atoms with E-state index in [2.05, 4.69) is 16.4 Å². The number of benzene rings is 1. The lowest BCUT2D eigenvalue weighted by Gasteiger charge is -2.35. The number of hydrogen-bond acceptors (Lipinski definition) is 3. The number of pyridine rings is 1. The summed E-state index contributed by atoms with van der Waals surface area (Å²) < 4.78 is 0. The van der Waals surface area contributed by atoms with E-state index < -0.39 is 0 Å². The van der Waals surface area contributed by atoms with E-state index in [-0.39, 0.29) is 5.91 Å². The Morgan fingerprint density at radius 2 is 1.96 bits per heavy atom. The monoisotopic (exact) mass is 323 g/mol. The molecule has 24 heavy (non-hydrogen) atoms. The van der Waals surface area contributed by atoms with Crippen LogP contribution in [0.1, 0.15) is 37.7 Å². The molecule has 2 aromatic rings. The van der Waals surface area contributed by atoms with Crippen LogP contribution in [0, 0.1) is 0 Å². The minimum absolute atomic E-state index is 0.266. The number of aromatic nitrogens is 1. The Morgan fingerprint density at radius 1 is 1.21 bits per heavy atom. The first-order chi connectivity index (χ1) is 11.7. The summed E-state index contributed by atoms with van der Waals surface area (Å²) in [5.74, 6) is 0.266. The summed E-state index contributed by atoms with van der Waals surface area (Å²) in [6.07, 6.45) is 7.95. The first-order valence-corrected chi connectivity index (χ1v) is 9.05. The smallest absolute Gasteiger partial charge is 0.222 e. The Morgan fingerprint density at radius 3 is 2.75 bits per heavy atom. The number of piperidine rings is 1. The van der Waals surface area contributed by atoms with Crippen LogP contribution in [0.5, 0.6) is 0 Å². The SMILES string of the molecule is CN(C(=O)CCc1ccnc2ccccc12)C1CC2CCC(C1)N2. The maximum Gasteiger partial charge on any atom is 0.222 e. The normalized spacial score (nSPS) is 25.8. The van der Waals surface area contributed by atoms with Gasteiger partial charge in [0, 0.05) is 43.2 Å². The predicted octanol–water partition coefficient (Wildman–Crippen LogP) is 2.91. The highest BCUT2D eigenvalue weighted by atomic mass is 16.2. The van der Waals surface area contributed by atoms with Crippen LogP contribution in [0.3, 0.4) is 0 Å². The molecule has 4 rings (SSSR count). The number of aryl methyl sites for hydroxylation is 1. The van der Waals surface area contributed by atoms with E-state index in [0.29, 0.717) is 24.5 Å². The van der Waals surface area contributed by atoms with Gasteiger partial charge in [-0.2, -0.15) is 0 Å². The average molecular weight is 323 g/mol. The van der Waals surface area contributed by atoms with Gasteiger partial charge >= 0.3 is 0 Å². The van der Waals surface area contributed by atoms with Crippen LogP contribution < -0.4 is 5.32 Å². The molecule has 2 saturated heterocycles. The summed E-state index contributed by atoms with van der Waals surface area (Å²) in [5, 5.41) is 4.81. The van der Waals surface area contributed by atoms with Gasteiger partial charge < -0.3 is 10.2 Å². The number of para-hydroxylation sites is 1. The molecule has 2 unspecified atom stereocenters. The second-order valence-corrected chi connectivity index (χ2v) is 7.25. The number of rotatable bonds is 4. The molecule has 1 amide bonds. The minimum Gasteiger partial charge on any atom is -0.343 e. The molecule has 2 aliphatic heterocycles. The lowest BCUT2D eigenvalue weighted by Crippen LogP contribution is -2.48. The molecule has 2 fully saturated rings. The van der Waals surface area contributed by atoms with Crippen molar-refractivity contribution in [2.45, 2.75) is 56.7 Å². The van der Waals surface area contributed by atoms with Crippen LogP contribution in [-0.2, 0) is 11.2 Å². The Kier molecular flexibility index (Phi) is 4.23. The zero-order valence-corrected chi connectivity index (χ0v) is 14.2. The highest BCUT2D eigenvalue weighted by molar-refractivity contribution is 5.83. The highest BCUT2D eigenvalue weighted by Gasteiger charge is 2.36. The highest BCUT2D eigenvalue weighted by Crippen LogP contribution is 2.29. The summed E-state index contributed by atoms with van der Waals surface area (Å²) in [7, 11) is 1.99. The van der Waals surface area contributed by atoms with Crippen LogP contribution >= 0.6 is 0 Å². The topological polar surface area (TPSA) is 45.2 Å². The van der Waals surface area contributed by atoms with Crippen molar-refractivity contribution in [3.8, 4) is 0 Å². The van der Waals surface area contributed by atoms with Gasteiger partial charge in [0.25, 0.3) is 0 Å². The molecular weight excluding hydrogens is 298 g/mol. The van der Waals surface area contributed by atoms with Gasteiger partial charge in [-0.25, -0.2) is 0 Å². The van der Waals surface area contributed by atoms with E-state index in [1.165, 1.54) is 18.4 Å². The molecule has 0 saturated carbocycles. The van der Waals surface area contributed by atoms with E-state index in [1.54, 1.807) is 0 Å². The first-order valence-electron chi connectivity index (χ1n) is 9.05. The van der Waals surface area contributed by atoms with Gasteiger partial charge in [0.05, 0.1) is 5.52 Å². The van der Waals surface area contributed by atoms with Crippen molar-refractivity contribution in [3.63, 3.8) is 0 Å². The second-order valence-electron chi connectivity index (χ2n) is 7.25. The summed E-state index contributed by atoms with van der Waals surface area (Å²) in [5.41, 5.74) is 2.22. The molecule has 2 bridgehead atoms. The molecule has 4 nitrogen and oxygen atoms in total. The number of fused-ring (bicyclic) bond motifs is 3. The molecule has 1 N–H and O–H groups in total. The van der Waals surface area contributed by atoms with Gasteiger partial charge in [-0.15, -0.1) is 0 Å². The van der Waals surface area contributed by atoms with Crippen molar-refractivity contribution in [2.24, 2.45) is 0 Å². The largest absolute Gasteiger partial charge is 0.343 e. The molecule has 0 spiro atoms. The molecule has 4 heteroatoms. The number of carbonyl (C=O) groups excluding carboxylic acids is 1. The molecule has 0 radical (unpaired) electrons. The third kappa shape index (κ3) is 3.03. The molecule has 1 aromatic carbocycles. The summed E-state index contributed by atoms with van der Waals surface area (Å²) >= 11 is 0. The van der Waals surface area contributed by atoms with Gasteiger partial charge in [-0.1, -0.05) is 18.2 Å². The maximum atomic E-state index is 12.7. The van der Waals surface area contributed by atoms with Crippen LogP contribution in [0.15, 0.2) is 36.5 Å². The number of nitrogens with one attached hydrogen (secondary N) is 1. The molecule has 2 atom stereocenters. The molecule has 0 aliphatic carbocycles. The minimum atomic E-state index is 0.266. The van der Waals surface area contributed by atoms with Crippen molar-refractivity contribution >= 4 is 16.8 Å². The zero-order chi connectivity index (χ0) is 16.5. The Bertz CT molecular complexity index is 727. The maximum absolute atomic E-state index is 12.7. The fourth-order valence-electron chi connectivity index (χ4n) is 4.34. The first kappa shape index (κ1) is 15.6. The van der Waals surface area contributed by atoms with Crippen LogP contribution in [0.25, 0.3) is 10.9 Å². The number of hydrogen-bond donors (Lipinski definition) is 1. The average Bonchev–Trinajstić information content (AvgIpc) is 2.96. The summed E-state index contributed by atoms with van der Waals surface area (Å²) in [4.78, 5) is 19.1. The Balaban J connectivity index is 1.40. The van der Waals surface area contributed by atoms with E-state index >= 15 is 0 Å². The van der Waals surface area contributed by atoms with Crippen molar-refractivity contribution in [3.05, 3.63) is 42.1 Å². The lowest BCUT2D eigenvalue weighted by molar-refractivity contribution is -0.132. The van der Waals surface area contributed by atoms with Crippen LogP contribution in [-0.4, -0.2) is 41.0 Å². The molecular formula is C20H25N3O.